The first-order valence-corrected chi connectivity index (χ1v) is 9.72. The molecule has 3 rings (SSSR count). The number of benzene rings is 1. The second kappa shape index (κ2) is 9.33. The van der Waals surface area contributed by atoms with E-state index >= 15 is 0 Å². The second-order valence-corrected chi connectivity index (χ2v) is 7.75. The van der Waals surface area contributed by atoms with Crippen molar-refractivity contribution in [2.45, 2.75) is 39.4 Å². The molecular formula is C21H25N7O3. The van der Waals surface area contributed by atoms with E-state index in [2.05, 4.69) is 31.0 Å². The number of nitrogens with one attached hydrogen (secondary N) is 1. The number of carbonyl (C=O) groups excluding carboxylic acids is 1. The zero-order chi connectivity index (χ0) is 22.4. The second-order valence-electron chi connectivity index (χ2n) is 7.75. The van der Waals surface area contributed by atoms with Crippen LogP contribution in [0.4, 0.5) is 10.6 Å². The number of anilines is 1. The van der Waals surface area contributed by atoms with Crippen molar-refractivity contribution in [3.8, 4) is 0 Å². The van der Waals surface area contributed by atoms with Crippen molar-refractivity contribution >= 4 is 17.6 Å². The van der Waals surface area contributed by atoms with Gasteiger partial charge in [0.1, 0.15) is 11.4 Å². The number of aromatic nitrogens is 5. The van der Waals surface area contributed by atoms with Crippen LogP contribution in [0.3, 0.4) is 0 Å². The number of hydrogen-bond acceptors (Lipinski definition) is 8. The first kappa shape index (κ1) is 21.9. The van der Waals surface area contributed by atoms with Crippen LogP contribution in [0.2, 0.25) is 0 Å². The molecule has 0 saturated heterocycles. The Balaban J connectivity index is 1.78. The van der Waals surface area contributed by atoms with E-state index in [-0.39, 0.29) is 0 Å². The lowest BCUT2D eigenvalue weighted by Gasteiger charge is -2.19. The Morgan fingerprint density at radius 2 is 1.87 bits per heavy atom. The molecule has 0 aliphatic heterocycles. The maximum absolute atomic E-state index is 12.0. The molecule has 1 atom stereocenters. The lowest BCUT2D eigenvalue weighted by Crippen LogP contribution is -2.27. The third-order valence-corrected chi connectivity index (χ3v) is 4.00. The van der Waals surface area contributed by atoms with E-state index in [1.165, 1.54) is 4.68 Å². The summed E-state index contributed by atoms with van der Waals surface area (Å²) in [7, 11) is 1.73. The van der Waals surface area contributed by atoms with Crippen LogP contribution in [0.25, 0.3) is 0 Å². The zero-order valence-electron chi connectivity index (χ0n) is 18.1. The molecule has 0 fully saturated rings. The van der Waals surface area contributed by atoms with Crippen molar-refractivity contribution in [3.63, 3.8) is 0 Å². The third-order valence-electron chi connectivity index (χ3n) is 4.00. The number of hydrogen-bond donors (Lipinski definition) is 1. The average molecular weight is 423 g/mol. The smallest absolute Gasteiger partial charge is 0.413 e. The molecule has 0 aliphatic carbocycles. The van der Waals surface area contributed by atoms with Gasteiger partial charge in [-0.15, -0.1) is 5.10 Å². The predicted molar refractivity (Wildman–Crippen MR) is 114 cm³/mol. The largest absolute Gasteiger partial charge is 0.444 e. The Morgan fingerprint density at radius 1 is 1.13 bits per heavy atom. The van der Waals surface area contributed by atoms with Gasteiger partial charge in [-0.3, -0.25) is 5.32 Å². The van der Waals surface area contributed by atoms with Gasteiger partial charge in [0.25, 0.3) is 0 Å². The summed E-state index contributed by atoms with van der Waals surface area (Å²) < 4.78 is 6.78. The Hall–Kier alpha value is -3.82. The third kappa shape index (κ3) is 6.08. The molecule has 10 heteroatoms. The van der Waals surface area contributed by atoms with Gasteiger partial charge in [-0.25, -0.2) is 14.5 Å². The molecule has 2 aromatic heterocycles. The highest BCUT2D eigenvalue weighted by Crippen LogP contribution is 2.19. The fourth-order valence-corrected chi connectivity index (χ4v) is 2.59. The molecule has 0 saturated carbocycles. The van der Waals surface area contributed by atoms with Gasteiger partial charge in [0.05, 0.1) is 5.69 Å². The molecule has 1 amide bonds. The lowest BCUT2D eigenvalue weighted by molar-refractivity contribution is 0.0632. The number of rotatable bonds is 6. The molecule has 0 bridgehead atoms. The maximum Gasteiger partial charge on any atom is 0.413 e. The number of oxime groups is 1. The van der Waals surface area contributed by atoms with Gasteiger partial charge in [0.2, 0.25) is 5.82 Å². The first-order valence-electron chi connectivity index (χ1n) is 9.72. The van der Waals surface area contributed by atoms with E-state index in [0.717, 1.165) is 5.56 Å². The van der Waals surface area contributed by atoms with E-state index in [1.807, 2.05) is 30.3 Å². The molecule has 0 spiro atoms. The standard InChI is InChI=1S/C21H25N7O3/c1-14(16-12-9-13-17(22-16)23-20(29)30-21(2,3)4)31-25-18(15-10-7-6-8-11-15)19-24-26-27-28(19)5/h6-14H,1-5H3,(H,22,23,29). The maximum atomic E-state index is 12.0. The van der Waals surface area contributed by atoms with Gasteiger partial charge in [-0.2, -0.15) is 0 Å². The minimum absolute atomic E-state index is 0.354. The van der Waals surface area contributed by atoms with Crippen LogP contribution in [-0.4, -0.2) is 42.6 Å². The molecule has 1 unspecified atom stereocenters. The molecule has 1 aromatic carbocycles. The number of amides is 1. The summed E-state index contributed by atoms with van der Waals surface area (Å²) in [5.41, 5.74) is 1.28. The summed E-state index contributed by atoms with van der Waals surface area (Å²) in [5, 5.41) is 18.5. The quantitative estimate of drug-likeness (QED) is 0.476. The fourth-order valence-electron chi connectivity index (χ4n) is 2.59. The van der Waals surface area contributed by atoms with Crippen molar-refractivity contribution in [1.29, 1.82) is 0 Å². The van der Waals surface area contributed by atoms with Gasteiger partial charge in [-0.1, -0.05) is 41.6 Å². The normalized spacial score (nSPS) is 12.9. The van der Waals surface area contributed by atoms with Crippen LogP contribution in [0, 0.1) is 0 Å². The van der Waals surface area contributed by atoms with Gasteiger partial charge < -0.3 is 9.57 Å². The molecule has 162 valence electrons. The van der Waals surface area contributed by atoms with Crippen molar-refractivity contribution in [1.82, 2.24) is 25.2 Å². The first-order chi connectivity index (χ1) is 14.7. The van der Waals surface area contributed by atoms with Crippen LogP contribution in [-0.2, 0) is 16.6 Å². The van der Waals surface area contributed by atoms with Crippen LogP contribution in [0.15, 0.2) is 53.7 Å². The zero-order valence-corrected chi connectivity index (χ0v) is 18.1. The number of tetrazole rings is 1. The van der Waals surface area contributed by atoms with Gasteiger partial charge >= 0.3 is 6.09 Å². The Bertz CT molecular complexity index is 1060. The Labute approximate surface area is 180 Å². The average Bonchev–Trinajstić information content (AvgIpc) is 3.13. The van der Waals surface area contributed by atoms with E-state index in [1.54, 1.807) is 52.9 Å². The van der Waals surface area contributed by atoms with Crippen LogP contribution in [0.1, 0.15) is 50.9 Å². The number of aryl methyl sites for hydroxylation is 1. The molecule has 10 nitrogen and oxygen atoms in total. The van der Waals surface area contributed by atoms with E-state index < -0.39 is 17.8 Å². The van der Waals surface area contributed by atoms with Gasteiger partial charge in [0, 0.05) is 12.6 Å². The van der Waals surface area contributed by atoms with Crippen LogP contribution >= 0.6 is 0 Å². The molecule has 2 heterocycles. The van der Waals surface area contributed by atoms with Gasteiger partial charge in [-0.05, 0) is 50.3 Å². The molecule has 0 aliphatic rings. The minimum atomic E-state index is -0.602. The van der Waals surface area contributed by atoms with Crippen molar-refractivity contribution in [3.05, 3.63) is 65.6 Å². The predicted octanol–water partition coefficient (Wildman–Crippen LogP) is 3.48. The summed E-state index contributed by atoms with van der Waals surface area (Å²) in [4.78, 5) is 22.2. The minimum Gasteiger partial charge on any atom is -0.444 e. The van der Waals surface area contributed by atoms with Crippen molar-refractivity contribution in [2.24, 2.45) is 12.2 Å². The highest BCUT2D eigenvalue weighted by molar-refractivity contribution is 6.10. The van der Waals surface area contributed by atoms with Crippen LogP contribution in [0.5, 0.6) is 0 Å². The van der Waals surface area contributed by atoms with E-state index in [4.69, 9.17) is 9.57 Å². The van der Waals surface area contributed by atoms with E-state index in [0.29, 0.717) is 23.0 Å². The highest BCUT2D eigenvalue weighted by atomic mass is 16.6. The van der Waals surface area contributed by atoms with Crippen molar-refractivity contribution in [2.75, 3.05) is 5.32 Å². The summed E-state index contributed by atoms with van der Waals surface area (Å²) in [6, 6.07) is 14.7. The number of nitrogens with zero attached hydrogens (tertiary/aromatic N) is 6. The fraction of sp³-hybridized carbons (Fsp3) is 0.333. The SMILES string of the molecule is CC(ON=C(c1ccccc1)c1nnnn1C)c1cccc(NC(=O)OC(C)(C)C)n1. The molecule has 1 N–H and O–H groups in total. The summed E-state index contributed by atoms with van der Waals surface area (Å²) in [6.07, 6.45) is -1.08. The highest BCUT2D eigenvalue weighted by Gasteiger charge is 2.18. The lowest BCUT2D eigenvalue weighted by atomic mass is 10.1. The van der Waals surface area contributed by atoms with Crippen molar-refractivity contribution < 1.29 is 14.4 Å². The number of carbonyl (C=O) groups is 1. The monoisotopic (exact) mass is 423 g/mol. The Morgan fingerprint density at radius 3 is 2.52 bits per heavy atom. The summed E-state index contributed by atoms with van der Waals surface area (Å²) in [6.45, 7) is 7.19. The number of ether oxygens (including phenoxy) is 1. The number of pyridine rings is 1. The summed E-state index contributed by atoms with van der Waals surface area (Å²) in [5.74, 6) is 0.818. The molecule has 31 heavy (non-hydrogen) atoms. The summed E-state index contributed by atoms with van der Waals surface area (Å²) >= 11 is 0. The molecule has 0 radical (unpaired) electrons. The molecule has 3 aromatic rings. The van der Waals surface area contributed by atoms with Gasteiger partial charge in [0.15, 0.2) is 11.8 Å². The Kier molecular flexibility index (Phi) is 6.58. The molecular weight excluding hydrogens is 398 g/mol. The van der Waals surface area contributed by atoms with Crippen LogP contribution < -0.4 is 5.32 Å². The topological polar surface area (TPSA) is 116 Å². The van der Waals surface area contributed by atoms with E-state index in [9.17, 15) is 4.79 Å².